The highest BCUT2D eigenvalue weighted by Crippen LogP contribution is 2.33. The van der Waals surface area contributed by atoms with E-state index in [-0.39, 0.29) is 5.54 Å². The monoisotopic (exact) mass is 272 g/mol. The van der Waals surface area contributed by atoms with Crippen molar-refractivity contribution in [3.05, 3.63) is 102 Å². The fraction of sp³-hybridized carbons (Fsp3) is 0.100. The van der Waals surface area contributed by atoms with E-state index < -0.39 is 0 Å². The van der Waals surface area contributed by atoms with Gasteiger partial charge in [0.2, 0.25) is 0 Å². The molecular formula is C20H18N. The fourth-order valence-electron chi connectivity index (χ4n) is 2.58. The topological polar surface area (TPSA) is 14.1 Å². The number of hydrogen-bond acceptors (Lipinski definition) is 0. The largest absolute Gasteiger partial charge is 0.269 e. The first-order valence-electron chi connectivity index (χ1n) is 7.18. The average molecular weight is 272 g/mol. The van der Waals surface area contributed by atoms with Crippen molar-refractivity contribution in [1.29, 1.82) is 0 Å². The SMILES string of the molecule is CC([N]c1ccccc1)(c1ccccc1)c1ccccc1. The van der Waals surface area contributed by atoms with Gasteiger partial charge in [-0.1, -0.05) is 78.9 Å². The summed E-state index contributed by atoms with van der Waals surface area (Å²) < 4.78 is 0. The first-order chi connectivity index (χ1) is 10.3. The first kappa shape index (κ1) is 13.4. The number of nitrogens with zero attached hydrogens (tertiary/aromatic N) is 1. The van der Waals surface area contributed by atoms with Crippen molar-refractivity contribution in [3.8, 4) is 0 Å². The fourth-order valence-corrected chi connectivity index (χ4v) is 2.58. The molecule has 1 radical (unpaired) electrons. The first-order valence-corrected chi connectivity index (χ1v) is 7.18. The molecule has 1 heteroatoms. The van der Waals surface area contributed by atoms with Gasteiger partial charge in [0.25, 0.3) is 0 Å². The minimum atomic E-state index is -0.385. The van der Waals surface area contributed by atoms with Crippen LogP contribution in [0.2, 0.25) is 0 Å². The highest BCUT2D eigenvalue weighted by atomic mass is 15.0. The summed E-state index contributed by atoms with van der Waals surface area (Å²) in [7, 11) is 0. The Morgan fingerprint density at radius 2 is 0.952 bits per heavy atom. The molecule has 0 amide bonds. The predicted octanol–water partition coefficient (Wildman–Crippen LogP) is 4.89. The zero-order chi connectivity index (χ0) is 14.5. The van der Waals surface area contributed by atoms with Crippen LogP contribution < -0.4 is 5.32 Å². The van der Waals surface area contributed by atoms with Gasteiger partial charge in [0, 0.05) is 0 Å². The van der Waals surface area contributed by atoms with Gasteiger partial charge in [-0.2, -0.15) is 0 Å². The van der Waals surface area contributed by atoms with E-state index in [9.17, 15) is 0 Å². The summed E-state index contributed by atoms with van der Waals surface area (Å²) in [6, 6.07) is 31.1. The molecule has 0 saturated heterocycles. The lowest BCUT2D eigenvalue weighted by atomic mass is 9.84. The molecule has 21 heavy (non-hydrogen) atoms. The molecule has 0 unspecified atom stereocenters. The summed E-state index contributed by atoms with van der Waals surface area (Å²) >= 11 is 0. The zero-order valence-electron chi connectivity index (χ0n) is 12.1. The van der Waals surface area contributed by atoms with Gasteiger partial charge in [-0.25, -0.2) is 0 Å². The molecule has 3 aromatic carbocycles. The lowest BCUT2D eigenvalue weighted by Crippen LogP contribution is -2.32. The van der Waals surface area contributed by atoms with Crippen molar-refractivity contribution in [2.45, 2.75) is 12.5 Å². The van der Waals surface area contributed by atoms with Crippen LogP contribution in [0.15, 0.2) is 91.0 Å². The Hall–Kier alpha value is -2.54. The van der Waals surface area contributed by atoms with Crippen LogP contribution in [0, 0.1) is 0 Å². The second-order valence-corrected chi connectivity index (χ2v) is 5.25. The third-order valence-corrected chi connectivity index (χ3v) is 3.78. The predicted molar refractivity (Wildman–Crippen MR) is 87.6 cm³/mol. The maximum Gasteiger partial charge on any atom is 0.108 e. The summed E-state index contributed by atoms with van der Waals surface area (Å²) in [5.74, 6) is 0. The van der Waals surface area contributed by atoms with Crippen LogP contribution in [0.5, 0.6) is 0 Å². The van der Waals surface area contributed by atoms with E-state index >= 15 is 0 Å². The van der Waals surface area contributed by atoms with Crippen molar-refractivity contribution in [3.63, 3.8) is 0 Å². The molecule has 0 atom stereocenters. The Balaban J connectivity index is 2.07. The second-order valence-electron chi connectivity index (χ2n) is 5.25. The highest BCUT2D eigenvalue weighted by molar-refractivity contribution is 5.44. The van der Waals surface area contributed by atoms with E-state index in [2.05, 4.69) is 55.5 Å². The minimum Gasteiger partial charge on any atom is -0.269 e. The molecule has 0 N–H and O–H groups in total. The van der Waals surface area contributed by atoms with Crippen LogP contribution in [-0.4, -0.2) is 0 Å². The summed E-state index contributed by atoms with van der Waals surface area (Å²) in [4.78, 5) is 0. The molecule has 0 aromatic heterocycles. The van der Waals surface area contributed by atoms with Gasteiger partial charge >= 0.3 is 0 Å². The third kappa shape index (κ3) is 2.82. The molecule has 3 rings (SSSR count). The maximum absolute atomic E-state index is 5.03. The Morgan fingerprint density at radius 3 is 1.38 bits per heavy atom. The van der Waals surface area contributed by atoms with E-state index in [1.807, 2.05) is 42.5 Å². The third-order valence-electron chi connectivity index (χ3n) is 3.78. The number of hydrogen-bond donors (Lipinski definition) is 0. The average Bonchev–Trinajstić information content (AvgIpc) is 2.57. The van der Waals surface area contributed by atoms with Gasteiger partial charge in [0.05, 0.1) is 5.69 Å². The van der Waals surface area contributed by atoms with Gasteiger partial charge in [0.15, 0.2) is 0 Å². The summed E-state index contributed by atoms with van der Waals surface area (Å²) in [5, 5.41) is 5.03. The van der Waals surface area contributed by atoms with Crippen LogP contribution in [0.4, 0.5) is 5.69 Å². The highest BCUT2D eigenvalue weighted by Gasteiger charge is 2.30. The zero-order valence-corrected chi connectivity index (χ0v) is 12.1. The van der Waals surface area contributed by atoms with Gasteiger partial charge in [-0.15, -0.1) is 0 Å². The molecule has 0 bridgehead atoms. The lowest BCUT2D eigenvalue weighted by Gasteiger charge is -2.30. The number of rotatable bonds is 4. The van der Waals surface area contributed by atoms with Crippen LogP contribution in [0.1, 0.15) is 18.1 Å². The van der Waals surface area contributed by atoms with Gasteiger partial charge in [0.1, 0.15) is 5.54 Å². The molecule has 0 fully saturated rings. The second kappa shape index (κ2) is 5.84. The summed E-state index contributed by atoms with van der Waals surface area (Å²) in [5.41, 5.74) is 3.00. The molecule has 0 aliphatic heterocycles. The van der Waals surface area contributed by atoms with Crippen LogP contribution >= 0.6 is 0 Å². The van der Waals surface area contributed by atoms with E-state index in [4.69, 9.17) is 5.32 Å². The van der Waals surface area contributed by atoms with Crippen molar-refractivity contribution in [1.82, 2.24) is 5.32 Å². The summed E-state index contributed by atoms with van der Waals surface area (Å²) in [6.45, 7) is 2.17. The van der Waals surface area contributed by atoms with Gasteiger partial charge < -0.3 is 0 Å². The molecule has 0 spiro atoms. The van der Waals surface area contributed by atoms with Crippen molar-refractivity contribution in [2.75, 3.05) is 0 Å². The van der Waals surface area contributed by atoms with Crippen molar-refractivity contribution < 1.29 is 0 Å². The van der Waals surface area contributed by atoms with Crippen LogP contribution in [0.25, 0.3) is 0 Å². The quantitative estimate of drug-likeness (QED) is 0.642. The van der Waals surface area contributed by atoms with E-state index in [0.29, 0.717) is 0 Å². The van der Waals surface area contributed by atoms with Gasteiger partial charge in [-0.05, 0) is 30.2 Å². The molecule has 3 aromatic rings. The number of para-hydroxylation sites is 1. The van der Waals surface area contributed by atoms with Crippen molar-refractivity contribution >= 4 is 5.69 Å². The lowest BCUT2D eigenvalue weighted by molar-refractivity contribution is 0.505. The summed E-state index contributed by atoms with van der Waals surface area (Å²) in [6.07, 6.45) is 0. The normalized spacial score (nSPS) is 11.1. The maximum atomic E-state index is 5.03. The molecule has 0 heterocycles. The van der Waals surface area contributed by atoms with Crippen molar-refractivity contribution in [2.24, 2.45) is 0 Å². The molecule has 103 valence electrons. The number of benzene rings is 3. The molecule has 0 saturated carbocycles. The molecule has 0 aliphatic rings. The standard InChI is InChI=1S/C20H18N/c1-20(17-11-5-2-6-12-17,18-13-7-3-8-14-18)21-19-15-9-4-10-16-19/h2-16H,1H3. The molecular weight excluding hydrogens is 254 g/mol. The smallest absolute Gasteiger partial charge is 0.108 e. The van der Waals surface area contributed by atoms with E-state index in [0.717, 1.165) is 5.69 Å². The van der Waals surface area contributed by atoms with Gasteiger partial charge in [-0.3, -0.25) is 5.32 Å². The molecule has 0 aliphatic carbocycles. The Morgan fingerprint density at radius 1 is 0.571 bits per heavy atom. The Kier molecular flexibility index (Phi) is 3.74. The van der Waals surface area contributed by atoms with Crippen LogP contribution in [0.3, 0.4) is 0 Å². The Bertz CT molecular complexity index is 635. The Labute approximate surface area is 126 Å². The van der Waals surface area contributed by atoms with E-state index in [1.165, 1.54) is 11.1 Å². The molecule has 1 nitrogen and oxygen atoms in total. The minimum absolute atomic E-state index is 0.385. The van der Waals surface area contributed by atoms with E-state index in [1.54, 1.807) is 0 Å². The van der Waals surface area contributed by atoms with Crippen LogP contribution in [-0.2, 0) is 5.54 Å².